The number of rotatable bonds is 4. The summed E-state index contributed by atoms with van der Waals surface area (Å²) >= 11 is 0. The maximum atomic E-state index is 10.6. The Kier molecular flexibility index (Phi) is 4.05. The number of furan rings is 1. The summed E-state index contributed by atoms with van der Waals surface area (Å²) in [6.45, 7) is 4.99. The Bertz CT molecular complexity index is 563. The summed E-state index contributed by atoms with van der Waals surface area (Å²) < 4.78 is 5.88. The number of hydrogen-bond donors (Lipinski definition) is 2. The van der Waals surface area contributed by atoms with E-state index < -0.39 is 5.60 Å². The first kappa shape index (κ1) is 14.6. The minimum atomic E-state index is -0.549. The molecular weight excluding hydrogens is 262 g/mol. The van der Waals surface area contributed by atoms with Crippen molar-refractivity contribution in [3.63, 3.8) is 0 Å². The molecule has 1 aromatic carbocycles. The van der Waals surface area contributed by atoms with Gasteiger partial charge in [0.05, 0.1) is 11.6 Å². The second kappa shape index (κ2) is 5.82. The van der Waals surface area contributed by atoms with Gasteiger partial charge in [0.1, 0.15) is 11.3 Å². The summed E-state index contributed by atoms with van der Waals surface area (Å²) in [5.41, 5.74) is 0.374. The molecule has 114 valence electrons. The third-order valence-corrected chi connectivity index (χ3v) is 4.81. The molecule has 0 radical (unpaired) electrons. The average molecular weight is 287 g/mol. The Labute approximate surface area is 126 Å². The molecule has 2 aromatic rings. The van der Waals surface area contributed by atoms with Crippen LogP contribution in [-0.4, -0.2) is 17.3 Å². The van der Waals surface area contributed by atoms with Crippen LogP contribution in [-0.2, 0) is 0 Å². The molecule has 1 aromatic heterocycles. The van der Waals surface area contributed by atoms with E-state index >= 15 is 0 Å². The summed E-state index contributed by atoms with van der Waals surface area (Å²) in [6, 6.07) is 10.2. The second-order valence-electron chi connectivity index (χ2n) is 6.70. The van der Waals surface area contributed by atoms with Crippen LogP contribution in [0.25, 0.3) is 11.0 Å². The molecule has 1 aliphatic rings. The molecule has 1 heterocycles. The fourth-order valence-electron chi connectivity index (χ4n) is 3.14. The number of aliphatic hydroxyl groups is 1. The molecule has 0 spiro atoms. The maximum absolute atomic E-state index is 10.6. The molecule has 1 atom stereocenters. The fourth-order valence-corrected chi connectivity index (χ4v) is 3.14. The lowest BCUT2D eigenvalue weighted by molar-refractivity contribution is -0.00821. The molecule has 3 nitrogen and oxygen atoms in total. The van der Waals surface area contributed by atoms with Gasteiger partial charge in [-0.25, -0.2) is 0 Å². The van der Waals surface area contributed by atoms with E-state index in [0.717, 1.165) is 48.3 Å². The number of fused-ring (bicyclic) bond motifs is 1. The quantitative estimate of drug-likeness (QED) is 0.892. The molecule has 0 amide bonds. The SMILES string of the molecule is CC1CCC(O)(CNC(C)c2cc3ccccc3o2)CC1. The monoisotopic (exact) mass is 287 g/mol. The van der Waals surface area contributed by atoms with Crippen molar-refractivity contribution in [2.75, 3.05) is 6.54 Å². The number of para-hydroxylation sites is 1. The third kappa shape index (κ3) is 3.30. The zero-order valence-corrected chi connectivity index (χ0v) is 12.9. The summed E-state index contributed by atoms with van der Waals surface area (Å²) in [5, 5.41) is 15.2. The third-order valence-electron chi connectivity index (χ3n) is 4.81. The Morgan fingerprint density at radius 3 is 2.76 bits per heavy atom. The predicted molar refractivity (Wildman–Crippen MR) is 85.2 cm³/mol. The number of benzene rings is 1. The number of nitrogens with one attached hydrogen (secondary N) is 1. The van der Waals surface area contributed by atoms with Crippen LogP contribution < -0.4 is 5.32 Å². The smallest absolute Gasteiger partial charge is 0.134 e. The Morgan fingerprint density at radius 1 is 1.33 bits per heavy atom. The Hall–Kier alpha value is -1.32. The van der Waals surface area contributed by atoms with E-state index in [1.807, 2.05) is 18.2 Å². The van der Waals surface area contributed by atoms with Gasteiger partial charge in [0.15, 0.2) is 0 Å². The first-order valence-electron chi connectivity index (χ1n) is 8.00. The van der Waals surface area contributed by atoms with Gasteiger partial charge in [-0.3, -0.25) is 0 Å². The van der Waals surface area contributed by atoms with Crippen molar-refractivity contribution in [3.05, 3.63) is 36.1 Å². The largest absolute Gasteiger partial charge is 0.459 e. The van der Waals surface area contributed by atoms with Crippen LogP contribution in [0.15, 0.2) is 34.7 Å². The van der Waals surface area contributed by atoms with Gasteiger partial charge in [0.2, 0.25) is 0 Å². The predicted octanol–water partition coefficient (Wildman–Crippen LogP) is 4.02. The summed E-state index contributed by atoms with van der Waals surface area (Å²) in [4.78, 5) is 0. The van der Waals surface area contributed by atoms with Crippen LogP contribution in [0.4, 0.5) is 0 Å². The molecule has 1 unspecified atom stereocenters. The van der Waals surface area contributed by atoms with Gasteiger partial charge in [0.25, 0.3) is 0 Å². The second-order valence-corrected chi connectivity index (χ2v) is 6.70. The molecular formula is C18H25NO2. The zero-order chi connectivity index (χ0) is 14.9. The molecule has 2 N–H and O–H groups in total. The van der Waals surface area contributed by atoms with Gasteiger partial charge in [-0.1, -0.05) is 25.1 Å². The minimum absolute atomic E-state index is 0.112. The maximum Gasteiger partial charge on any atom is 0.134 e. The highest BCUT2D eigenvalue weighted by molar-refractivity contribution is 5.77. The van der Waals surface area contributed by atoms with Gasteiger partial charge < -0.3 is 14.8 Å². The van der Waals surface area contributed by atoms with Crippen molar-refractivity contribution in [3.8, 4) is 0 Å². The van der Waals surface area contributed by atoms with Crippen molar-refractivity contribution < 1.29 is 9.52 Å². The topological polar surface area (TPSA) is 45.4 Å². The van der Waals surface area contributed by atoms with E-state index in [4.69, 9.17) is 4.42 Å². The van der Waals surface area contributed by atoms with Crippen LogP contribution in [0.1, 0.15) is 51.3 Å². The Balaban J connectivity index is 1.62. The van der Waals surface area contributed by atoms with Crippen molar-refractivity contribution in [2.45, 2.75) is 51.2 Å². The van der Waals surface area contributed by atoms with E-state index in [9.17, 15) is 5.11 Å². The lowest BCUT2D eigenvalue weighted by Crippen LogP contribution is -2.43. The molecule has 21 heavy (non-hydrogen) atoms. The highest BCUT2D eigenvalue weighted by Gasteiger charge is 2.32. The summed E-state index contributed by atoms with van der Waals surface area (Å²) in [5.74, 6) is 1.68. The van der Waals surface area contributed by atoms with Crippen LogP contribution >= 0.6 is 0 Å². The minimum Gasteiger partial charge on any atom is -0.459 e. The van der Waals surface area contributed by atoms with Crippen molar-refractivity contribution >= 4 is 11.0 Å². The van der Waals surface area contributed by atoms with E-state index in [1.54, 1.807) is 0 Å². The average Bonchev–Trinajstić information content (AvgIpc) is 2.92. The molecule has 3 rings (SSSR count). The molecule has 1 fully saturated rings. The number of hydrogen-bond acceptors (Lipinski definition) is 3. The van der Waals surface area contributed by atoms with Crippen molar-refractivity contribution in [2.24, 2.45) is 5.92 Å². The van der Waals surface area contributed by atoms with E-state index in [0.29, 0.717) is 6.54 Å². The van der Waals surface area contributed by atoms with Crippen LogP contribution in [0, 0.1) is 5.92 Å². The Morgan fingerprint density at radius 2 is 2.05 bits per heavy atom. The summed E-state index contributed by atoms with van der Waals surface area (Å²) in [7, 11) is 0. The van der Waals surface area contributed by atoms with Crippen LogP contribution in [0.5, 0.6) is 0 Å². The fraction of sp³-hybridized carbons (Fsp3) is 0.556. The lowest BCUT2D eigenvalue weighted by Gasteiger charge is -2.35. The molecule has 1 saturated carbocycles. The van der Waals surface area contributed by atoms with Gasteiger partial charge >= 0.3 is 0 Å². The van der Waals surface area contributed by atoms with Gasteiger partial charge in [-0.15, -0.1) is 0 Å². The van der Waals surface area contributed by atoms with E-state index in [1.165, 1.54) is 0 Å². The normalized spacial score (nSPS) is 27.9. The molecule has 0 bridgehead atoms. The highest BCUT2D eigenvalue weighted by atomic mass is 16.3. The lowest BCUT2D eigenvalue weighted by atomic mass is 9.79. The highest BCUT2D eigenvalue weighted by Crippen LogP contribution is 2.32. The van der Waals surface area contributed by atoms with E-state index in [-0.39, 0.29) is 6.04 Å². The first-order valence-corrected chi connectivity index (χ1v) is 8.00. The molecule has 0 saturated heterocycles. The first-order chi connectivity index (χ1) is 10.1. The van der Waals surface area contributed by atoms with Crippen LogP contribution in [0.3, 0.4) is 0 Å². The van der Waals surface area contributed by atoms with Gasteiger partial charge in [-0.05, 0) is 50.7 Å². The molecule has 0 aliphatic heterocycles. The van der Waals surface area contributed by atoms with Gasteiger partial charge in [0, 0.05) is 11.9 Å². The standard InChI is InChI=1S/C18H25NO2/c1-13-7-9-18(20,10-8-13)12-19-14(2)17-11-15-5-3-4-6-16(15)21-17/h3-6,11,13-14,19-20H,7-10,12H2,1-2H3. The molecule has 3 heteroatoms. The molecule has 1 aliphatic carbocycles. The van der Waals surface area contributed by atoms with Gasteiger partial charge in [-0.2, -0.15) is 0 Å². The van der Waals surface area contributed by atoms with Crippen molar-refractivity contribution in [1.82, 2.24) is 5.32 Å². The van der Waals surface area contributed by atoms with Crippen LogP contribution in [0.2, 0.25) is 0 Å². The zero-order valence-electron chi connectivity index (χ0n) is 12.9. The summed E-state index contributed by atoms with van der Waals surface area (Å²) in [6.07, 6.45) is 4.04. The van der Waals surface area contributed by atoms with E-state index in [2.05, 4.69) is 31.3 Å². The van der Waals surface area contributed by atoms with Crippen molar-refractivity contribution in [1.29, 1.82) is 0 Å².